The average Bonchev–Trinajstić information content (AvgIpc) is 3.11. The van der Waals surface area contributed by atoms with Crippen LogP contribution in [0.15, 0.2) is 66.7 Å². The summed E-state index contributed by atoms with van der Waals surface area (Å²) in [5.74, 6) is 0.508. The molecular weight excluding hydrogens is 431 g/mol. The summed E-state index contributed by atoms with van der Waals surface area (Å²) in [4.78, 5) is 24.4. The van der Waals surface area contributed by atoms with Crippen LogP contribution in [0.3, 0.4) is 0 Å². The lowest BCUT2D eigenvalue weighted by atomic mass is 10.1. The number of carbonyl (C=O) groups is 1. The van der Waals surface area contributed by atoms with Crippen molar-refractivity contribution in [3.8, 4) is 11.5 Å². The van der Waals surface area contributed by atoms with Crippen LogP contribution in [0.2, 0.25) is 5.02 Å². The van der Waals surface area contributed by atoms with Crippen LogP contribution in [-0.4, -0.2) is 16.6 Å². The van der Waals surface area contributed by atoms with E-state index in [1.54, 1.807) is 48.5 Å². The molecule has 3 aromatic carbocycles. The molecular formula is C21H14ClFN2O4S. The SMILES string of the molecule is O=C1CSC(c2cc([N+](=O)[O-])ccc2F)N1c1ccc(Oc2ccc(Cl)cc2)cc1. The summed E-state index contributed by atoms with van der Waals surface area (Å²) in [5, 5.41) is 11.0. The quantitative estimate of drug-likeness (QED) is 0.358. The monoisotopic (exact) mass is 444 g/mol. The lowest BCUT2D eigenvalue weighted by Crippen LogP contribution is -2.28. The average molecular weight is 445 g/mol. The minimum atomic E-state index is -0.694. The summed E-state index contributed by atoms with van der Waals surface area (Å²) >= 11 is 7.08. The number of benzene rings is 3. The molecule has 4 rings (SSSR count). The number of nitro benzene ring substituents is 1. The molecule has 0 aliphatic carbocycles. The Morgan fingerprint density at radius 1 is 1.07 bits per heavy atom. The largest absolute Gasteiger partial charge is 0.457 e. The van der Waals surface area contributed by atoms with E-state index in [1.807, 2.05) is 0 Å². The third-order valence-electron chi connectivity index (χ3n) is 4.49. The minimum absolute atomic E-state index is 0.0986. The Morgan fingerprint density at radius 3 is 2.33 bits per heavy atom. The third kappa shape index (κ3) is 4.10. The Balaban J connectivity index is 1.60. The Morgan fingerprint density at radius 2 is 1.70 bits per heavy atom. The predicted molar refractivity (Wildman–Crippen MR) is 114 cm³/mol. The van der Waals surface area contributed by atoms with Crippen LogP contribution >= 0.6 is 23.4 Å². The van der Waals surface area contributed by atoms with Crippen molar-refractivity contribution < 1.29 is 18.8 Å². The zero-order valence-corrected chi connectivity index (χ0v) is 16.9. The Bertz CT molecular complexity index is 1110. The van der Waals surface area contributed by atoms with Crippen molar-refractivity contribution in [2.24, 2.45) is 0 Å². The first-order valence-electron chi connectivity index (χ1n) is 8.83. The number of carbonyl (C=O) groups excluding carboxylic acids is 1. The number of halogens is 2. The molecule has 1 amide bonds. The van der Waals surface area contributed by atoms with Crippen LogP contribution in [-0.2, 0) is 4.79 Å². The van der Waals surface area contributed by atoms with Gasteiger partial charge in [-0.3, -0.25) is 19.8 Å². The number of amides is 1. The second-order valence-corrected chi connectivity index (χ2v) is 7.94. The number of thioether (sulfide) groups is 1. The van der Waals surface area contributed by atoms with E-state index in [0.29, 0.717) is 22.2 Å². The van der Waals surface area contributed by atoms with Gasteiger partial charge in [-0.15, -0.1) is 11.8 Å². The number of hydrogen-bond donors (Lipinski definition) is 0. The van der Waals surface area contributed by atoms with Crippen LogP contribution in [0.1, 0.15) is 10.9 Å². The van der Waals surface area contributed by atoms with E-state index in [4.69, 9.17) is 16.3 Å². The molecule has 9 heteroatoms. The highest BCUT2D eigenvalue weighted by Crippen LogP contribution is 2.43. The highest BCUT2D eigenvalue weighted by Gasteiger charge is 2.36. The fourth-order valence-electron chi connectivity index (χ4n) is 3.08. The van der Waals surface area contributed by atoms with Crippen molar-refractivity contribution in [1.29, 1.82) is 0 Å². The van der Waals surface area contributed by atoms with Crippen molar-refractivity contribution in [1.82, 2.24) is 0 Å². The van der Waals surface area contributed by atoms with Gasteiger partial charge >= 0.3 is 0 Å². The fourth-order valence-corrected chi connectivity index (χ4v) is 4.39. The second kappa shape index (κ2) is 8.33. The number of hydrogen-bond acceptors (Lipinski definition) is 5. The first-order chi connectivity index (χ1) is 14.4. The molecule has 152 valence electrons. The Labute approximate surface area is 180 Å². The molecule has 0 bridgehead atoms. The molecule has 1 aliphatic rings. The van der Waals surface area contributed by atoms with Crippen LogP contribution < -0.4 is 9.64 Å². The van der Waals surface area contributed by atoms with Crippen molar-refractivity contribution >= 4 is 40.6 Å². The van der Waals surface area contributed by atoms with Gasteiger partial charge in [-0.25, -0.2) is 4.39 Å². The number of ether oxygens (including phenoxy) is 1. The van der Waals surface area contributed by atoms with Gasteiger partial charge in [-0.1, -0.05) is 11.6 Å². The lowest BCUT2D eigenvalue weighted by molar-refractivity contribution is -0.385. The highest BCUT2D eigenvalue weighted by molar-refractivity contribution is 8.00. The molecule has 1 saturated heterocycles. The zero-order valence-electron chi connectivity index (χ0n) is 15.3. The van der Waals surface area contributed by atoms with Crippen molar-refractivity contribution in [3.63, 3.8) is 0 Å². The number of non-ortho nitro benzene ring substituents is 1. The van der Waals surface area contributed by atoms with E-state index < -0.39 is 16.1 Å². The molecule has 1 atom stereocenters. The maximum atomic E-state index is 14.4. The summed E-state index contributed by atoms with van der Waals surface area (Å²) < 4.78 is 20.2. The molecule has 30 heavy (non-hydrogen) atoms. The van der Waals surface area contributed by atoms with E-state index >= 15 is 0 Å². The van der Waals surface area contributed by atoms with Gasteiger partial charge in [-0.2, -0.15) is 0 Å². The van der Waals surface area contributed by atoms with Gasteiger partial charge in [0.15, 0.2) is 0 Å². The van der Waals surface area contributed by atoms with Crippen molar-refractivity contribution in [3.05, 3.63) is 93.2 Å². The van der Waals surface area contributed by atoms with Gasteiger partial charge in [-0.05, 0) is 54.6 Å². The summed E-state index contributed by atoms with van der Waals surface area (Å²) in [6.07, 6.45) is 0. The van der Waals surface area contributed by atoms with Crippen LogP contribution in [0, 0.1) is 15.9 Å². The van der Waals surface area contributed by atoms with Crippen LogP contribution in [0.5, 0.6) is 11.5 Å². The summed E-state index contributed by atoms with van der Waals surface area (Å²) in [6.45, 7) is 0. The molecule has 1 heterocycles. The van der Waals surface area contributed by atoms with E-state index in [-0.39, 0.29) is 22.9 Å². The van der Waals surface area contributed by atoms with E-state index in [0.717, 1.165) is 12.1 Å². The van der Waals surface area contributed by atoms with Crippen LogP contribution in [0.4, 0.5) is 15.8 Å². The molecule has 1 aliphatic heterocycles. The van der Waals surface area contributed by atoms with E-state index in [2.05, 4.69) is 0 Å². The van der Waals surface area contributed by atoms with Gasteiger partial charge in [0.05, 0.1) is 10.7 Å². The van der Waals surface area contributed by atoms with Crippen molar-refractivity contribution in [2.75, 3.05) is 10.7 Å². The van der Waals surface area contributed by atoms with Gasteiger partial charge < -0.3 is 4.74 Å². The molecule has 0 radical (unpaired) electrons. The first-order valence-corrected chi connectivity index (χ1v) is 10.3. The molecule has 3 aromatic rings. The summed E-state index contributed by atoms with van der Waals surface area (Å²) in [5.41, 5.74) is 0.420. The van der Waals surface area contributed by atoms with Gasteiger partial charge in [0, 0.05) is 28.4 Å². The second-order valence-electron chi connectivity index (χ2n) is 6.44. The number of anilines is 1. The molecule has 0 aromatic heterocycles. The Kier molecular flexibility index (Phi) is 5.61. The lowest BCUT2D eigenvalue weighted by Gasteiger charge is -2.24. The van der Waals surface area contributed by atoms with Gasteiger partial charge in [0.1, 0.15) is 22.7 Å². The van der Waals surface area contributed by atoms with Gasteiger partial charge in [0.2, 0.25) is 5.91 Å². The normalized spacial score (nSPS) is 16.0. The molecule has 0 spiro atoms. The maximum Gasteiger partial charge on any atom is 0.270 e. The maximum absolute atomic E-state index is 14.4. The molecule has 1 fully saturated rings. The van der Waals surface area contributed by atoms with Crippen molar-refractivity contribution in [2.45, 2.75) is 5.37 Å². The first kappa shape index (κ1) is 20.2. The van der Waals surface area contributed by atoms with Gasteiger partial charge in [0.25, 0.3) is 5.69 Å². The number of nitro groups is 1. The Hall–Kier alpha value is -3.10. The predicted octanol–water partition coefficient (Wildman–Crippen LogP) is 5.96. The highest BCUT2D eigenvalue weighted by atomic mass is 35.5. The number of nitrogens with zero attached hydrogens (tertiary/aromatic N) is 2. The molecule has 6 nitrogen and oxygen atoms in total. The summed E-state index contributed by atoms with van der Waals surface area (Å²) in [6, 6.07) is 17.0. The third-order valence-corrected chi connectivity index (χ3v) is 5.93. The molecule has 0 N–H and O–H groups in total. The summed E-state index contributed by atoms with van der Waals surface area (Å²) in [7, 11) is 0. The fraction of sp³-hybridized carbons (Fsp3) is 0.0952. The number of rotatable bonds is 5. The topological polar surface area (TPSA) is 72.7 Å². The molecule has 0 saturated carbocycles. The smallest absolute Gasteiger partial charge is 0.270 e. The minimum Gasteiger partial charge on any atom is -0.457 e. The van der Waals surface area contributed by atoms with E-state index in [1.165, 1.54) is 22.7 Å². The molecule has 1 unspecified atom stereocenters. The standard InChI is InChI=1S/C21H14ClFN2O4S/c22-13-1-6-16(7-2-13)29-17-8-3-14(4-9-17)24-20(26)12-30-21(24)18-11-15(25(27)28)5-10-19(18)23/h1-11,21H,12H2. The van der Waals surface area contributed by atoms with E-state index in [9.17, 15) is 19.3 Å². The zero-order chi connectivity index (χ0) is 21.3. The van der Waals surface area contributed by atoms with Crippen LogP contribution in [0.25, 0.3) is 0 Å².